The Bertz CT molecular complexity index is 910. The van der Waals surface area contributed by atoms with Crippen LogP contribution >= 0.6 is 0 Å². The second-order valence-corrected chi connectivity index (χ2v) is 7.73. The third-order valence-corrected chi connectivity index (χ3v) is 5.72. The van der Waals surface area contributed by atoms with Gasteiger partial charge in [0.15, 0.2) is 0 Å². The van der Waals surface area contributed by atoms with Gasteiger partial charge in [0.1, 0.15) is 11.4 Å². The number of fused-ring (bicyclic) bond motifs is 1. The number of aliphatic hydroxyl groups is 1. The Kier molecular flexibility index (Phi) is 4.99. The predicted molar refractivity (Wildman–Crippen MR) is 93.4 cm³/mol. The lowest BCUT2D eigenvalue weighted by Crippen LogP contribution is -2.43. The molecule has 0 fully saturated rings. The number of nitrogens with one attached hydrogen (secondary N) is 1. The van der Waals surface area contributed by atoms with Crippen molar-refractivity contribution in [1.29, 1.82) is 0 Å². The molecule has 1 aliphatic rings. The summed E-state index contributed by atoms with van der Waals surface area (Å²) < 4.78 is 37.5. The lowest BCUT2D eigenvalue weighted by Gasteiger charge is -2.34. The number of hydrogen-bond acceptors (Lipinski definition) is 6. The first-order valence-electron chi connectivity index (χ1n) is 7.98. The molecule has 0 aliphatic carbocycles. The highest BCUT2D eigenvalue weighted by Gasteiger charge is 2.36. The van der Waals surface area contributed by atoms with Crippen molar-refractivity contribution in [1.82, 2.24) is 4.72 Å². The van der Waals surface area contributed by atoms with E-state index in [0.717, 1.165) is 0 Å². The van der Waals surface area contributed by atoms with Crippen LogP contribution in [0.1, 0.15) is 22.3 Å². The van der Waals surface area contributed by atoms with Crippen LogP contribution in [-0.2, 0) is 20.4 Å². The molecule has 0 bridgehead atoms. The van der Waals surface area contributed by atoms with Gasteiger partial charge in [-0.15, -0.1) is 0 Å². The number of carbonyl (C=O) groups excluding carboxylic acids is 1. The van der Waals surface area contributed by atoms with Crippen LogP contribution < -0.4 is 9.46 Å². The molecule has 1 heterocycles. The predicted octanol–water partition coefficient (Wildman–Crippen LogP) is 1.42. The largest absolute Gasteiger partial charge is 0.493 e. The number of sulfonamides is 1. The zero-order valence-electron chi connectivity index (χ0n) is 14.1. The summed E-state index contributed by atoms with van der Waals surface area (Å²) in [6.45, 7) is 0.109. The van der Waals surface area contributed by atoms with E-state index < -0.39 is 21.6 Å². The van der Waals surface area contributed by atoms with E-state index in [1.165, 1.54) is 31.4 Å². The standard InChI is InChI=1S/C18H19NO6S/c1-24-17(20)13-6-8-14(9-7-13)26(22,23)19-12-18(21)10-11-25-16-5-3-2-4-15(16)18/h2-9,19,21H,10-12H2,1H3. The van der Waals surface area contributed by atoms with Gasteiger partial charge in [-0.1, -0.05) is 18.2 Å². The molecular formula is C18H19NO6S. The summed E-state index contributed by atoms with van der Waals surface area (Å²) in [7, 11) is -2.60. The summed E-state index contributed by atoms with van der Waals surface area (Å²) in [6, 6.07) is 12.4. The van der Waals surface area contributed by atoms with Crippen molar-refractivity contribution in [3.05, 3.63) is 59.7 Å². The Morgan fingerprint density at radius 3 is 2.62 bits per heavy atom. The van der Waals surface area contributed by atoms with Crippen LogP contribution in [0.25, 0.3) is 0 Å². The first-order chi connectivity index (χ1) is 12.4. The fourth-order valence-corrected chi connectivity index (χ4v) is 3.90. The molecule has 1 unspecified atom stereocenters. The quantitative estimate of drug-likeness (QED) is 0.764. The maximum absolute atomic E-state index is 12.5. The minimum atomic E-state index is -3.85. The molecule has 0 saturated carbocycles. The summed E-state index contributed by atoms with van der Waals surface area (Å²) in [6.07, 6.45) is 0.272. The van der Waals surface area contributed by atoms with Crippen LogP contribution in [0.3, 0.4) is 0 Å². The minimum absolute atomic E-state index is 0.00547. The normalized spacial score (nSPS) is 19.3. The summed E-state index contributed by atoms with van der Waals surface area (Å²) in [5.74, 6) is -0.00194. The Labute approximate surface area is 151 Å². The highest BCUT2D eigenvalue weighted by molar-refractivity contribution is 7.89. The number of esters is 1. The van der Waals surface area contributed by atoms with Crippen molar-refractivity contribution in [2.75, 3.05) is 20.3 Å². The molecular weight excluding hydrogens is 358 g/mol. The molecule has 8 heteroatoms. The molecule has 1 atom stereocenters. The molecule has 7 nitrogen and oxygen atoms in total. The fraction of sp³-hybridized carbons (Fsp3) is 0.278. The molecule has 26 heavy (non-hydrogen) atoms. The smallest absolute Gasteiger partial charge is 0.337 e. The van der Waals surface area contributed by atoms with Gasteiger partial charge in [-0.05, 0) is 30.3 Å². The topological polar surface area (TPSA) is 102 Å². The van der Waals surface area contributed by atoms with E-state index in [1.807, 2.05) is 0 Å². The minimum Gasteiger partial charge on any atom is -0.493 e. The number of methoxy groups -OCH3 is 1. The first kappa shape index (κ1) is 18.4. The Hall–Kier alpha value is -2.42. The second-order valence-electron chi connectivity index (χ2n) is 5.97. The zero-order chi connectivity index (χ0) is 18.8. The van der Waals surface area contributed by atoms with E-state index in [1.54, 1.807) is 24.3 Å². The molecule has 138 valence electrons. The van der Waals surface area contributed by atoms with Gasteiger partial charge < -0.3 is 14.6 Å². The number of rotatable bonds is 5. The van der Waals surface area contributed by atoms with Gasteiger partial charge >= 0.3 is 5.97 Å². The van der Waals surface area contributed by atoms with E-state index in [4.69, 9.17) is 4.74 Å². The van der Waals surface area contributed by atoms with Crippen LogP contribution in [0.15, 0.2) is 53.4 Å². The number of benzene rings is 2. The third-order valence-electron chi connectivity index (χ3n) is 4.30. The van der Waals surface area contributed by atoms with E-state index >= 15 is 0 Å². The summed E-state index contributed by atoms with van der Waals surface area (Å²) in [4.78, 5) is 11.4. The molecule has 1 aliphatic heterocycles. The highest BCUT2D eigenvalue weighted by Crippen LogP contribution is 2.36. The lowest BCUT2D eigenvalue weighted by atomic mass is 9.88. The van der Waals surface area contributed by atoms with Crippen LogP contribution in [0, 0.1) is 0 Å². The van der Waals surface area contributed by atoms with Crippen molar-refractivity contribution in [2.24, 2.45) is 0 Å². The zero-order valence-corrected chi connectivity index (χ0v) is 15.0. The van der Waals surface area contributed by atoms with Crippen LogP contribution in [0.4, 0.5) is 0 Å². The van der Waals surface area contributed by atoms with Crippen molar-refractivity contribution >= 4 is 16.0 Å². The Morgan fingerprint density at radius 2 is 1.92 bits per heavy atom. The van der Waals surface area contributed by atoms with E-state index in [2.05, 4.69) is 9.46 Å². The van der Waals surface area contributed by atoms with E-state index in [0.29, 0.717) is 17.9 Å². The number of para-hydroxylation sites is 1. The van der Waals surface area contributed by atoms with Crippen LogP contribution in [-0.4, -0.2) is 39.8 Å². The molecule has 0 amide bonds. The molecule has 0 saturated heterocycles. The maximum atomic E-state index is 12.5. The molecule has 2 aromatic rings. The summed E-state index contributed by atoms with van der Waals surface area (Å²) in [5.41, 5.74) is -0.549. The Morgan fingerprint density at radius 1 is 1.23 bits per heavy atom. The lowest BCUT2D eigenvalue weighted by molar-refractivity contribution is 0.00219. The van der Waals surface area contributed by atoms with E-state index in [9.17, 15) is 18.3 Å². The number of carbonyl (C=O) groups is 1. The van der Waals surface area contributed by atoms with Crippen LogP contribution in [0.5, 0.6) is 5.75 Å². The summed E-state index contributed by atoms with van der Waals surface area (Å²) in [5, 5.41) is 10.9. The monoisotopic (exact) mass is 377 g/mol. The average molecular weight is 377 g/mol. The fourth-order valence-electron chi connectivity index (χ4n) is 2.81. The van der Waals surface area contributed by atoms with Gasteiger partial charge in [0.05, 0.1) is 24.2 Å². The highest BCUT2D eigenvalue weighted by atomic mass is 32.2. The van der Waals surface area contributed by atoms with Crippen LogP contribution in [0.2, 0.25) is 0 Å². The molecule has 3 rings (SSSR count). The van der Waals surface area contributed by atoms with E-state index in [-0.39, 0.29) is 23.4 Å². The first-order valence-corrected chi connectivity index (χ1v) is 9.47. The van der Waals surface area contributed by atoms with Gasteiger partial charge in [-0.2, -0.15) is 0 Å². The molecule has 0 radical (unpaired) electrons. The third kappa shape index (κ3) is 3.57. The maximum Gasteiger partial charge on any atom is 0.337 e. The SMILES string of the molecule is COC(=O)c1ccc(S(=O)(=O)NCC2(O)CCOc3ccccc32)cc1. The van der Waals surface area contributed by atoms with Gasteiger partial charge in [0.25, 0.3) is 0 Å². The molecule has 0 aromatic heterocycles. The van der Waals surface area contributed by atoms with Gasteiger partial charge in [0, 0.05) is 18.5 Å². The Balaban J connectivity index is 1.78. The molecule has 2 N–H and O–H groups in total. The van der Waals surface area contributed by atoms with Gasteiger partial charge in [-0.3, -0.25) is 0 Å². The average Bonchev–Trinajstić information content (AvgIpc) is 2.66. The van der Waals surface area contributed by atoms with Crippen molar-refractivity contribution in [3.8, 4) is 5.75 Å². The van der Waals surface area contributed by atoms with Crippen molar-refractivity contribution in [2.45, 2.75) is 16.9 Å². The van der Waals surface area contributed by atoms with Crippen molar-refractivity contribution < 1.29 is 27.8 Å². The summed E-state index contributed by atoms with van der Waals surface area (Å²) >= 11 is 0. The van der Waals surface area contributed by atoms with Crippen molar-refractivity contribution in [3.63, 3.8) is 0 Å². The van der Waals surface area contributed by atoms with Gasteiger partial charge in [-0.25, -0.2) is 17.9 Å². The number of ether oxygens (including phenoxy) is 2. The number of hydrogen-bond donors (Lipinski definition) is 2. The molecule has 2 aromatic carbocycles. The second kappa shape index (κ2) is 7.06. The van der Waals surface area contributed by atoms with Gasteiger partial charge in [0.2, 0.25) is 10.0 Å². The molecule has 0 spiro atoms.